The molecule has 1 N–H and O–H groups in total. The maximum atomic E-state index is 12.7. The zero-order chi connectivity index (χ0) is 22.7. The van der Waals surface area contributed by atoms with Gasteiger partial charge in [-0.05, 0) is 68.5 Å². The van der Waals surface area contributed by atoms with Crippen molar-refractivity contribution in [1.29, 1.82) is 5.26 Å². The molecule has 0 bridgehead atoms. The van der Waals surface area contributed by atoms with Crippen molar-refractivity contribution in [3.05, 3.63) is 58.9 Å². The first kappa shape index (κ1) is 21.5. The van der Waals surface area contributed by atoms with E-state index in [-0.39, 0.29) is 23.0 Å². The molecule has 2 aromatic heterocycles. The topological polar surface area (TPSA) is 112 Å². The molecule has 1 aliphatic heterocycles. The molecule has 32 heavy (non-hydrogen) atoms. The molecule has 2 aromatic rings. The van der Waals surface area contributed by atoms with Gasteiger partial charge in [-0.1, -0.05) is 0 Å². The average molecular weight is 431 g/mol. The monoisotopic (exact) mass is 431 g/mol. The third-order valence-corrected chi connectivity index (χ3v) is 6.58. The summed E-state index contributed by atoms with van der Waals surface area (Å²) in [6, 6.07) is 6.88. The fraction of sp³-hybridized carbons (Fsp3) is 0.375. The molecule has 0 radical (unpaired) electrons. The minimum Gasteiger partial charge on any atom is -0.456 e. The summed E-state index contributed by atoms with van der Waals surface area (Å²) >= 11 is 0. The van der Waals surface area contributed by atoms with Gasteiger partial charge in [0.05, 0.1) is 5.56 Å². The molecule has 0 aromatic carbocycles. The Morgan fingerprint density at radius 2 is 2.22 bits per heavy atom. The lowest BCUT2D eigenvalue weighted by atomic mass is 9.90. The van der Waals surface area contributed by atoms with Crippen LogP contribution in [0.3, 0.4) is 0 Å². The number of nitrogens with one attached hydrogen (secondary N) is 1. The number of carbonyl (C=O) groups excluding carboxylic acids is 2. The van der Waals surface area contributed by atoms with E-state index < -0.39 is 0 Å². The van der Waals surface area contributed by atoms with E-state index in [9.17, 15) is 9.59 Å². The highest BCUT2D eigenvalue weighted by molar-refractivity contribution is 5.94. The number of carbonyl (C=O) groups is 2. The highest BCUT2D eigenvalue weighted by Crippen LogP contribution is 2.59. The molecule has 1 aliphatic carbocycles. The molecule has 1 atom stereocenters. The number of pyridine rings is 1. The first-order valence-electron chi connectivity index (χ1n) is 10.6. The van der Waals surface area contributed by atoms with Crippen LogP contribution in [-0.2, 0) is 0 Å². The zero-order valence-electron chi connectivity index (χ0n) is 18.0. The SMILES string of the molecule is C=N/C=C\c1cc(C(=O)NCC2CC23CCN(C(=O)c2ccc(C#N)nc2)CC3)oc1C. The third-order valence-electron chi connectivity index (χ3n) is 6.58. The highest BCUT2D eigenvalue weighted by Gasteiger charge is 2.54. The summed E-state index contributed by atoms with van der Waals surface area (Å²) < 4.78 is 5.57. The van der Waals surface area contributed by atoms with Crippen LogP contribution in [-0.4, -0.2) is 48.1 Å². The molecule has 164 valence electrons. The number of likely N-dealkylation sites (tertiary alicyclic amines) is 1. The molecule has 1 unspecified atom stereocenters. The second kappa shape index (κ2) is 8.79. The number of nitrogens with zero attached hydrogens (tertiary/aromatic N) is 4. The van der Waals surface area contributed by atoms with Gasteiger partial charge in [0.25, 0.3) is 11.8 Å². The molecule has 1 saturated heterocycles. The van der Waals surface area contributed by atoms with Gasteiger partial charge >= 0.3 is 0 Å². The average Bonchev–Trinajstić information content (AvgIpc) is 3.35. The summed E-state index contributed by atoms with van der Waals surface area (Å²) in [5, 5.41) is 11.8. The number of furan rings is 1. The minimum absolute atomic E-state index is 0.0490. The van der Waals surface area contributed by atoms with E-state index in [0.29, 0.717) is 42.6 Å². The van der Waals surface area contributed by atoms with E-state index in [1.165, 1.54) is 6.20 Å². The number of hydrogen-bond donors (Lipinski definition) is 1. The van der Waals surface area contributed by atoms with Crippen LogP contribution < -0.4 is 5.32 Å². The Balaban J connectivity index is 1.26. The van der Waals surface area contributed by atoms with Gasteiger partial charge in [0.15, 0.2) is 5.76 Å². The van der Waals surface area contributed by atoms with Crippen molar-refractivity contribution < 1.29 is 14.0 Å². The van der Waals surface area contributed by atoms with Crippen LogP contribution in [0.15, 0.2) is 40.0 Å². The first-order valence-corrected chi connectivity index (χ1v) is 10.6. The van der Waals surface area contributed by atoms with E-state index in [2.05, 4.69) is 22.0 Å². The van der Waals surface area contributed by atoms with Crippen LogP contribution in [0, 0.1) is 29.6 Å². The van der Waals surface area contributed by atoms with Gasteiger partial charge in [0.1, 0.15) is 17.5 Å². The number of aromatic nitrogens is 1. The second-order valence-corrected chi connectivity index (χ2v) is 8.43. The predicted octanol–water partition coefficient (Wildman–Crippen LogP) is 3.20. The number of nitriles is 1. The third kappa shape index (κ3) is 4.33. The van der Waals surface area contributed by atoms with E-state index in [1.54, 1.807) is 37.4 Å². The van der Waals surface area contributed by atoms with Crippen molar-refractivity contribution >= 4 is 24.6 Å². The maximum Gasteiger partial charge on any atom is 0.287 e. The molecule has 4 rings (SSSR count). The Kier molecular flexibility index (Phi) is 5.91. The smallest absolute Gasteiger partial charge is 0.287 e. The van der Waals surface area contributed by atoms with Gasteiger partial charge in [-0.15, -0.1) is 0 Å². The standard InChI is InChI=1S/C24H25N5O3/c1-16-17(5-8-26-2)11-21(32-16)22(30)28-15-19-12-24(19)6-9-29(10-7-24)23(31)18-3-4-20(13-25)27-14-18/h3-5,8,11,14,19H,2,6-7,9-10,12,15H2,1H3,(H,28,30)/b8-5-. The van der Waals surface area contributed by atoms with Crippen LogP contribution >= 0.6 is 0 Å². The zero-order valence-corrected chi connectivity index (χ0v) is 18.0. The summed E-state index contributed by atoms with van der Waals surface area (Å²) in [5.74, 6) is 1.10. The van der Waals surface area contributed by atoms with Gasteiger partial charge < -0.3 is 14.6 Å². The normalized spacial score (nSPS) is 19.0. The Morgan fingerprint density at radius 1 is 1.44 bits per heavy atom. The molecule has 1 saturated carbocycles. The lowest BCUT2D eigenvalue weighted by Crippen LogP contribution is -2.40. The van der Waals surface area contributed by atoms with Crippen LogP contribution in [0.2, 0.25) is 0 Å². The molecule has 2 amide bonds. The molecule has 8 nitrogen and oxygen atoms in total. The fourth-order valence-corrected chi connectivity index (χ4v) is 4.47. The van der Waals surface area contributed by atoms with E-state index in [0.717, 1.165) is 24.8 Å². The van der Waals surface area contributed by atoms with Crippen molar-refractivity contribution in [3.63, 3.8) is 0 Å². The van der Waals surface area contributed by atoms with E-state index >= 15 is 0 Å². The molecule has 1 spiro atoms. The van der Waals surface area contributed by atoms with Crippen LogP contribution in [0.1, 0.15) is 57.2 Å². The predicted molar refractivity (Wildman–Crippen MR) is 119 cm³/mol. The van der Waals surface area contributed by atoms with Crippen molar-refractivity contribution in [2.75, 3.05) is 19.6 Å². The summed E-state index contributed by atoms with van der Waals surface area (Å²) in [6.07, 6.45) is 7.68. The van der Waals surface area contributed by atoms with Gasteiger partial charge in [0.2, 0.25) is 0 Å². The minimum atomic E-state index is -0.220. The molecule has 8 heteroatoms. The van der Waals surface area contributed by atoms with Crippen LogP contribution in [0.25, 0.3) is 6.08 Å². The number of aryl methyl sites for hydroxylation is 1. The fourth-order valence-electron chi connectivity index (χ4n) is 4.47. The van der Waals surface area contributed by atoms with Crippen molar-refractivity contribution in [2.24, 2.45) is 16.3 Å². The summed E-state index contributed by atoms with van der Waals surface area (Å²) in [4.78, 5) is 34.7. The Morgan fingerprint density at radius 3 is 2.88 bits per heavy atom. The highest BCUT2D eigenvalue weighted by atomic mass is 16.3. The van der Waals surface area contributed by atoms with E-state index in [4.69, 9.17) is 9.68 Å². The van der Waals surface area contributed by atoms with E-state index in [1.807, 2.05) is 11.0 Å². The second-order valence-electron chi connectivity index (χ2n) is 8.43. The van der Waals surface area contributed by atoms with Gasteiger partial charge in [-0.25, -0.2) is 4.98 Å². The summed E-state index contributed by atoms with van der Waals surface area (Å²) in [5.41, 5.74) is 1.81. The van der Waals surface area contributed by atoms with Crippen molar-refractivity contribution in [1.82, 2.24) is 15.2 Å². The van der Waals surface area contributed by atoms with Crippen molar-refractivity contribution in [3.8, 4) is 6.07 Å². The number of amides is 2. The lowest BCUT2D eigenvalue weighted by Gasteiger charge is -2.33. The molecule has 2 aliphatic rings. The number of rotatable bonds is 6. The summed E-state index contributed by atoms with van der Waals surface area (Å²) in [6.45, 7) is 7.18. The van der Waals surface area contributed by atoms with Crippen molar-refractivity contribution in [2.45, 2.75) is 26.2 Å². The first-order chi connectivity index (χ1) is 15.5. The lowest BCUT2D eigenvalue weighted by molar-refractivity contribution is 0.0668. The van der Waals surface area contributed by atoms with Gasteiger partial charge in [0, 0.05) is 37.6 Å². The largest absolute Gasteiger partial charge is 0.456 e. The molecular formula is C24H25N5O3. The van der Waals surface area contributed by atoms with Gasteiger partial charge in [-0.3, -0.25) is 14.6 Å². The van der Waals surface area contributed by atoms with Crippen LogP contribution in [0.4, 0.5) is 0 Å². The number of aliphatic imine (C=N–C) groups is 1. The van der Waals surface area contributed by atoms with Gasteiger partial charge in [-0.2, -0.15) is 5.26 Å². The molecule has 3 heterocycles. The number of piperidine rings is 1. The maximum absolute atomic E-state index is 12.7. The summed E-state index contributed by atoms with van der Waals surface area (Å²) in [7, 11) is 0. The van der Waals surface area contributed by atoms with Crippen LogP contribution in [0.5, 0.6) is 0 Å². The Hall–Kier alpha value is -3.73. The molecular weight excluding hydrogens is 406 g/mol. The Labute approximate surface area is 186 Å². The Bertz CT molecular complexity index is 1100. The number of hydrogen-bond acceptors (Lipinski definition) is 6. The quantitative estimate of drug-likeness (QED) is 0.706. The molecule has 2 fully saturated rings.